The van der Waals surface area contributed by atoms with Crippen LogP contribution in [0.2, 0.25) is 0 Å². The number of pyridine rings is 1. The molecule has 0 unspecified atom stereocenters. The van der Waals surface area contributed by atoms with Crippen molar-refractivity contribution in [2.75, 3.05) is 39.3 Å². The van der Waals surface area contributed by atoms with Gasteiger partial charge in [0.15, 0.2) is 0 Å². The molecular formula is C20H29MnN5+2. The Kier molecular flexibility index (Phi) is 9.85. The zero-order chi connectivity index (χ0) is 17.2. The van der Waals surface area contributed by atoms with Gasteiger partial charge in [-0.2, -0.15) is 0 Å². The maximum atomic E-state index is 4.16. The summed E-state index contributed by atoms with van der Waals surface area (Å²) < 4.78 is 0. The Morgan fingerprint density at radius 3 is 2.38 bits per heavy atom. The summed E-state index contributed by atoms with van der Waals surface area (Å²) in [6.07, 6.45) is 3.74. The third-order valence-corrected chi connectivity index (χ3v) is 4.52. The van der Waals surface area contributed by atoms with Crippen molar-refractivity contribution in [3.63, 3.8) is 0 Å². The summed E-state index contributed by atoms with van der Waals surface area (Å²) >= 11 is 0. The third-order valence-electron chi connectivity index (χ3n) is 4.52. The number of nitrogens with one attached hydrogen (secondary N) is 3. The summed E-state index contributed by atoms with van der Waals surface area (Å²) in [5.74, 6) is 0. The van der Waals surface area contributed by atoms with Crippen molar-refractivity contribution in [1.82, 2.24) is 25.8 Å². The smallest absolute Gasteiger partial charge is 0.311 e. The van der Waals surface area contributed by atoms with Gasteiger partial charge in [-0.1, -0.05) is 30.3 Å². The minimum atomic E-state index is 0. The summed E-state index contributed by atoms with van der Waals surface area (Å²) in [7, 11) is 0. The van der Waals surface area contributed by atoms with Crippen LogP contribution in [0, 0.1) is 0 Å². The Morgan fingerprint density at radius 2 is 1.73 bits per heavy atom. The van der Waals surface area contributed by atoms with Gasteiger partial charge < -0.3 is 16.0 Å². The molecule has 2 bridgehead atoms. The number of hydrogen-bond donors (Lipinski definition) is 3. The first-order valence-corrected chi connectivity index (χ1v) is 9.21. The van der Waals surface area contributed by atoms with E-state index in [1.165, 1.54) is 16.7 Å². The van der Waals surface area contributed by atoms with Gasteiger partial charge in [0.05, 0.1) is 0 Å². The van der Waals surface area contributed by atoms with E-state index in [4.69, 9.17) is 0 Å². The first kappa shape index (κ1) is 21.0. The summed E-state index contributed by atoms with van der Waals surface area (Å²) in [5, 5.41) is 10.7. The molecule has 0 amide bonds. The molecule has 1 aromatic heterocycles. The van der Waals surface area contributed by atoms with E-state index in [0.29, 0.717) is 0 Å². The van der Waals surface area contributed by atoms with Crippen molar-refractivity contribution >= 4 is 0 Å². The van der Waals surface area contributed by atoms with Crippen molar-refractivity contribution in [2.45, 2.75) is 19.6 Å². The Morgan fingerprint density at radius 1 is 1.00 bits per heavy atom. The van der Waals surface area contributed by atoms with Gasteiger partial charge in [0.25, 0.3) is 0 Å². The molecule has 1 radical (unpaired) electrons. The van der Waals surface area contributed by atoms with E-state index in [-0.39, 0.29) is 17.1 Å². The summed E-state index contributed by atoms with van der Waals surface area (Å²) in [4.78, 5) is 6.68. The molecule has 0 fully saturated rings. The average Bonchev–Trinajstić information content (AvgIpc) is 2.65. The molecule has 1 aliphatic rings. The van der Waals surface area contributed by atoms with E-state index in [2.05, 4.69) is 56.2 Å². The predicted molar refractivity (Wildman–Crippen MR) is 102 cm³/mol. The topological polar surface area (TPSA) is 52.2 Å². The fourth-order valence-corrected chi connectivity index (χ4v) is 3.10. The maximum Gasteiger partial charge on any atom is 2.00 e. The minimum Gasteiger partial charge on any atom is -0.311 e. The van der Waals surface area contributed by atoms with Crippen LogP contribution in [0.4, 0.5) is 0 Å². The molecule has 1 aromatic carbocycles. The van der Waals surface area contributed by atoms with Crippen LogP contribution in [-0.4, -0.2) is 49.2 Å². The molecule has 6 heteroatoms. The average molecular weight is 394 g/mol. The third kappa shape index (κ3) is 7.54. The first-order valence-electron chi connectivity index (χ1n) is 9.21. The van der Waals surface area contributed by atoms with Gasteiger partial charge >= 0.3 is 17.1 Å². The molecule has 0 spiro atoms. The molecular weight excluding hydrogens is 365 g/mol. The molecule has 26 heavy (non-hydrogen) atoms. The quantitative estimate of drug-likeness (QED) is 0.528. The number of rotatable bonds is 5. The molecule has 1 aliphatic heterocycles. The zero-order valence-electron chi connectivity index (χ0n) is 15.3. The number of benzene rings is 1. The van der Waals surface area contributed by atoms with Crippen LogP contribution in [0.1, 0.15) is 16.7 Å². The number of hydrogen-bond acceptors (Lipinski definition) is 5. The zero-order valence-corrected chi connectivity index (χ0v) is 16.4. The number of nitrogens with zero attached hydrogens (tertiary/aromatic N) is 2. The monoisotopic (exact) mass is 394 g/mol. The SMILES string of the molecule is [Mn+2].c1cncc(CNCCN2CCNCc3cccc(c3)CNCC2)c1. The summed E-state index contributed by atoms with van der Waals surface area (Å²) in [6, 6.07) is 12.9. The largest absolute Gasteiger partial charge is 2.00 e. The van der Waals surface area contributed by atoms with Gasteiger partial charge in [-0.15, -0.1) is 0 Å². The Bertz CT molecular complexity index is 595. The minimum absolute atomic E-state index is 0. The van der Waals surface area contributed by atoms with E-state index in [1.54, 1.807) is 0 Å². The van der Waals surface area contributed by atoms with Crippen LogP contribution in [0.3, 0.4) is 0 Å². The first-order chi connectivity index (χ1) is 12.4. The standard InChI is InChI=1S/C20H29N5.Mn/c1-3-18-13-19(4-1)15-23-8-11-25(10-7-22-14-18)12-9-24-17-20-5-2-6-21-16-20;/h1-6,13,16,22-24H,7-12,14-15,17H2;/q;+2. The molecule has 2 aromatic rings. The van der Waals surface area contributed by atoms with Gasteiger partial charge in [-0.25, -0.2) is 0 Å². The van der Waals surface area contributed by atoms with Crippen LogP contribution in [0.15, 0.2) is 48.8 Å². The molecule has 0 aliphatic carbocycles. The van der Waals surface area contributed by atoms with Gasteiger partial charge in [0, 0.05) is 71.3 Å². The molecule has 3 N–H and O–H groups in total. The van der Waals surface area contributed by atoms with E-state index in [1.807, 2.05) is 18.5 Å². The normalized spacial score (nSPS) is 16.2. The molecule has 2 heterocycles. The van der Waals surface area contributed by atoms with Gasteiger partial charge in [-0.3, -0.25) is 9.88 Å². The number of fused-ring (bicyclic) bond motifs is 2. The fraction of sp³-hybridized carbons (Fsp3) is 0.450. The van der Waals surface area contributed by atoms with Gasteiger partial charge in [0.2, 0.25) is 0 Å². The molecule has 0 saturated carbocycles. The summed E-state index contributed by atoms with van der Waals surface area (Å²) in [5.41, 5.74) is 3.97. The summed E-state index contributed by atoms with van der Waals surface area (Å²) in [6.45, 7) is 9.03. The Hall–Kier alpha value is -1.27. The van der Waals surface area contributed by atoms with E-state index < -0.39 is 0 Å². The van der Waals surface area contributed by atoms with Crippen LogP contribution < -0.4 is 16.0 Å². The van der Waals surface area contributed by atoms with Crippen molar-refractivity contribution in [3.05, 3.63) is 65.5 Å². The van der Waals surface area contributed by atoms with Gasteiger partial charge in [-0.05, 0) is 22.8 Å². The van der Waals surface area contributed by atoms with Crippen LogP contribution >= 0.6 is 0 Å². The van der Waals surface area contributed by atoms with E-state index in [9.17, 15) is 0 Å². The number of aromatic nitrogens is 1. The van der Waals surface area contributed by atoms with Crippen molar-refractivity contribution in [1.29, 1.82) is 0 Å². The molecule has 139 valence electrons. The Balaban J connectivity index is 0.00000243. The van der Waals surface area contributed by atoms with Crippen LogP contribution in [-0.2, 0) is 36.7 Å². The second-order valence-corrected chi connectivity index (χ2v) is 6.55. The van der Waals surface area contributed by atoms with E-state index in [0.717, 1.165) is 58.9 Å². The van der Waals surface area contributed by atoms with Gasteiger partial charge in [0.1, 0.15) is 0 Å². The Labute approximate surface area is 167 Å². The van der Waals surface area contributed by atoms with Crippen molar-refractivity contribution in [2.24, 2.45) is 0 Å². The molecule has 5 nitrogen and oxygen atoms in total. The molecule has 0 atom stereocenters. The van der Waals surface area contributed by atoms with E-state index >= 15 is 0 Å². The fourth-order valence-electron chi connectivity index (χ4n) is 3.10. The second-order valence-electron chi connectivity index (χ2n) is 6.55. The molecule has 3 rings (SSSR count). The van der Waals surface area contributed by atoms with Crippen LogP contribution in [0.25, 0.3) is 0 Å². The van der Waals surface area contributed by atoms with Crippen LogP contribution in [0.5, 0.6) is 0 Å². The van der Waals surface area contributed by atoms with Crippen molar-refractivity contribution in [3.8, 4) is 0 Å². The second kappa shape index (κ2) is 12.2. The predicted octanol–water partition coefficient (Wildman–Crippen LogP) is 1.36. The van der Waals surface area contributed by atoms with Crippen molar-refractivity contribution < 1.29 is 17.1 Å². The maximum absolute atomic E-state index is 4.16. The molecule has 0 saturated heterocycles.